The van der Waals surface area contributed by atoms with Gasteiger partial charge in [-0.3, -0.25) is 0 Å². The van der Waals surface area contributed by atoms with Gasteiger partial charge in [-0.15, -0.1) is 0 Å². The van der Waals surface area contributed by atoms with Crippen LogP contribution >= 0.6 is 0 Å². The number of amides is 2. The van der Waals surface area contributed by atoms with Crippen LogP contribution in [0.4, 0.5) is 4.79 Å². The first-order chi connectivity index (χ1) is 11.1. The smallest absolute Gasteiger partial charge is 0.317 e. The number of hydrogen-bond donors (Lipinski definition) is 2. The lowest BCUT2D eigenvalue weighted by molar-refractivity contribution is 0.127. The molecule has 128 valence electrons. The number of urea groups is 1. The highest BCUT2D eigenvalue weighted by Crippen LogP contribution is 2.15. The van der Waals surface area contributed by atoms with Crippen LogP contribution in [-0.2, 0) is 6.54 Å². The van der Waals surface area contributed by atoms with Gasteiger partial charge in [0.1, 0.15) is 0 Å². The second-order valence-corrected chi connectivity index (χ2v) is 6.67. The van der Waals surface area contributed by atoms with Crippen LogP contribution in [-0.4, -0.2) is 60.3 Å². The molecule has 1 aliphatic rings. The van der Waals surface area contributed by atoms with Crippen molar-refractivity contribution in [2.24, 2.45) is 5.92 Å². The monoisotopic (exact) mass is 319 g/mol. The minimum absolute atomic E-state index is 0.0104. The van der Waals surface area contributed by atoms with E-state index < -0.39 is 0 Å². The predicted molar refractivity (Wildman–Crippen MR) is 92.2 cm³/mol. The lowest BCUT2D eigenvalue weighted by Gasteiger charge is -2.33. The van der Waals surface area contributed by atoms with Crippen molar-refractivity contribution in [2.75, 3.05) is 33.3 Å². The zero-order valence-corrected chi connectivity index (χ0v) is 14.2. The molecule has 1 saturated heterocycles. The molecule has 0 radical (unpaired) electrons. The summed E-state index contributed by atoms with van der Waals surface area (Å²) in [4.78, 5) is 16.4. The molecule has 23 heavy (non-hydrogen) atoms. The molecule has 1 aromatic rings. The number of aliphatic hydroxyl groups is 1. The Labute approximate surface area is 139 Å². The third kappa shape index (κ3) is 5.84. The summed E-state index contributed by atoms with van der Waals surface area (Å²) < 4.78 is 0. The molecule has 0 aliphatic carbocycles. The Hall–Kier alpha value is -1.59. The van der Waals surface area contributed by atoms with Crippen molar-refractivity contribution in [3.05, 3.63) is 35.9 Å². The first-order valence-corrected chi connectivity index (χ1v) is 8.47. The van der Waals surface area contributed by atoms with Gasteiger partial charge in [-0.2, -0.15) is 0 Å². The van der Waals surface area contributed by atoms with Crippen LogP contribution in [0.25, 0.3) is 0 Å². The van der Waals surface area contributed by atoms with E-state index in [2.05, 4.69) is 29.4 Å². The van der Waals surface area contributed by atoms with E-state index in [4.69, 9.17) is 0 Å². The van der Waals surface area contributed by atoms with Crippen molar-refractivity contribution >= 4 is 6.03 Å². The van der Waals surface area contributed by atoms with Gasteiger partial charge in [-0.05, 0) is 38.3 Å². The van der Waals surface area contributed by atoms with E-state index >= 15 is 0 Å². The van der Waals surface area contributed by atoms with E-state index in [1.807, 2.05) is 30.0 Å². The van der Waals surface area contributed by atoms with Crippen molar-refractivity contribution in [2.45, 2.75) is 32.4 Å². The molecule has 2 amide bonds. The number of benzene rings is 1. The maximum Gasteiger partial charge on any atom is 0.317 e. The fourth-order valence-corrected chi connectivity index (χ4v) is 3.17. The summed E-state index contributed by atoms with van der Waals surface area (Å²) in [6.07, 6.45) is 1.98. The lowest BCUT2D eigenvalue weighted by atomic mass is 9.99. The molecule has 2 rings (SSSR count). The number of nitrogens with zero attached hydrogens (tertiary/aromatic N) is 2. The number of rotatable bonds is 6. The first kappa shape index (κ1) is 17.8. The summed E-state index contributed by atoms with van der Waals surface area (Å²) in [7, 11) is 2.07. The van der Waals surface area contributed by atoms with Crippen molar-refractivity contribution in [1.82, 2.24) is 15.1 Å². The van der Waals surface area contributed by atoms with E-state index in [-0.39, 0.29) is 24.6 Å². The van der Waals surface area contributed by atoms with Gasteiger partial charge in [-0.1, -0.05) is 30.3 Å². The van der Waals surface area contributed by atoms with Crippen molar-refractivity contribution in [1.29, 1.82) is 0 Å². The van der Waals surface area contributed by atoms with Gasteiger partial charge < -0.3 is 20.2 Å². The second kappa shape index (κ2) is 8.89. The topological polar surface area (TPSA) is 55.8 Å². The van der Waals surface area contributed by atoms with Crippen LogP contribution < -0.4 is 5.32 Å². The molecule has 2 N–H and O–H groups in total. The average molecular weight is 319 g/mol. The predicted octanol–water partition coefficient (Wildman–Crippen LogP) is 1.92. The van der Waals surface area contributed by atoms with Gasteiger partial charge in [0.15, 0.2) is 0 Å². The summed E-state index contributed by atoms with van der Waals surface area (Å²) in [5, 5.41) is 12.3. The number of aliphatic hydroxyl groups excluding tert-OH is 1. The molecule has 0 bridgehead atoms. The Bertz CT molecular complexity index is 480. The Morgan fingerprint density at radius 3 is 2.87 bits per heavy atom. The highest BCUT2D eigenvalue weighted by molar-refractivity contribution is 5.74. The van der Waals surface area contributed by atoms with Gasteiger partial charge in [0.2, 0.25) is 0 Å². The van der Waals surface area contributed by atoms with E-state index in [0.717, 1.165) is 32.5 Å². The largest absolute Gasteiger partial charge is 0.396 e. The summed E-state index contributed by atoms with van der Waals surface area (Å²) in [5.41, 5.74) is 1.27. The van der Waals surface area contributed by atoms with Crippen molar-refractivity contribution in [3.63, 3.8) is 0 Å². The molecule has 1 aromatic carbocycles. The van der Waals surface area contributed by atoms with Crippen LogP contribution in [0.1, 0.15) is 25.3 Å². The van der Waals surface area contributed by atoms with E-state index in [1.54, 1.807) is 0 Å². The van der Waals surface area contributed by atoms with Gasteiger partial charge in [0.05, 0.1) is 0 Å². The van der Waals surface area contributed by atoms with E-state index in [0.29, 0.717) is 6.54 Å². The van der Waals surface area contributed by atoms with Gasteiger partial charge in [0, 0.05) is 38.8 Å². The number of likely N-dealkylation sites (N-methyl/N-ethyl adjacent to an activating group) is 1. The maximum absolute atomic E-state index is 12.3. The number of nitrogens with one attached hydrogen (secondary N) is 1. The third-order valence-corrected chi connectivity index (χ3v) is 4.32. The van der Waals surface area contributed by atoms with Crippen LogP contribution in [0, 0.1) is 5.92 Å². The Balaban J connectivity index is 1.75. The van der Waals surface area contributed by atoms with Gasteiger partial charge in [-0.25, -0.2) is 4.79 Å². The third-order valence-electron chi connectivity index (χ3n) is 4.32. The van der Waals surface area contributed by atoms with Crippen LogP contribution in [0.2, 0.25) is 0 Å². The normalized spacial score (nSPS) is 19.7. The Kier molecular flexibility index (Phi) is 6.86. The zero-order chi connectivity index (χ0) is 16.7. The summed E-state index contributed by atoms with van der Waals surface area (Å²) in [5.74, 6) is 0.227. The SMILES string of the molecule is C[C@@H](CN(C)Cc1ccccc1)NC(=O)N1CCC[C@H](CO)C1. The maximum atomic E-state index is 12.3. The molecular formula is C18H29N3O2. The fourth-order valence-electron chi connectivity index (χ4n) is 3.17. The number of likely N-dealkylation sites (tertiary alicyclic amines) is 1. The number of piperidine rings is 1. The van der Waals surface area contributed by atoms with Crippen molar-refractivity contribution in [3.8, 4) is 0 Å². The quantitative estimate of drug-likeness (QED) is 0.842. The average Bonchev–Trinajstić information content (AvgIpc) is 2.55. The molecule has 0 spiro atoms. The van der Waals surface area contributed by atoms with E-state index in [9.17, 15) is 9.90 Å². The molecule has 1 fully saturated rings. The molecule has 0 saturated carbocycles. The molecular weight excluding hydrogens is 290 g/mol. The summed E-state index contributed by atoms with van der Waals surface area (Å²) >= 11 is 0. The van der Waals surface area contributed by atoms with Crippen LogP contribution in [0.15, 0.2) is 30.3 Å². The lowest BCUT2D eigenvalue weighted by Crippen LogP contribution is -2.50. The summed E-state index contributed by atoms with van der Waals surface area (Å²) in [6, 6.07) is 10.4. The molecule has 5 nitrogen and oxygen atoms in total. The molecule has 1 heterocycles. The summed E-state index contributed by atoms with van der Waals surface area (Å²) in [6.45, 7) is 5.32. The van der Waals surface area contributed by atoms with Crippen LogP contribution in [0.5, 0.6) is 0 Å². The van der Waals surface area contributed by atoms with Crippen molar-refractivity contribution < 1.29 is 9.90 Å². The molecule has 0 unspecified atom stereocenters. The standard InChI is InChI=1S/C18H29N3O2/c1-15(11-20(2)12-16-7-4-3-5-8-16)19-18(23)21-10-6-9-17(13-21)14-22/h3-5,7-8,15,17,22H,6,9-14H2,1-2H3,(H,19,23)/t15-,17-/m0/s1. The minimum Gasteiger partial charge on any atom is -0.396 e. The molecule has 2 atom stereocenters. The zero-order valence-electron chi connectivity index (χ0n) is 14.2. The minimum atomic E-state index is -0.0104. The van der Waals surface area contributed by atoms with E-state index in [1.165, 1.54) is 5.56 Å². The van der Waals surface area contributed by atoms with Gasteiger partial charge in [0.25, 0.3) is 0 Å². The first-order valence-electron chi connectivity index (χ1n) is 8.47. The highest BCUT2D eigenvalue weighted by Gasteiger charge is 2.24. The number of hydrogen-bond acceptors (Lipinski definition) is 3. The second-order valence-electron chi connectivity index (χ2n) is 6.67. The molecule has 1 aliphatic heterocycles. The van der Waals surface area contributed by atoms with Crippen LogP contribution in [0.3, 0.4) is 0 Å². The van der Waals surface area contributed by atoms with Gasteiger partial charge >= 0.3 is 6.03 Å². The fraction of sp³-hybridized carbons (Fsp3) is 0.611. The Morgan fingerprint density at radius 2 is 2.17 bits per heavy atom. The Morgan fingerprint density at radius 1 is 1.43 bits per heavy atom. The molecule has 0 aromatic heterocycles. The number of carbonyl (C=O) groups is 1. The number of carbonyl (C=O) groups excluding carboxylic acids is 1. The highest BCUT2D eigenvalue weighted by atomic mass is 16.3. The molecule has 5 heteroatoms.